The van der Waals surface area contributed by atoms with Crippen molar-refractivity contribution in [3.8, 4) is 5.75 Å². The van der Waals surface area contributed by atoms with Crippen LogP contribution in [0, 0.1) is 15.9 Å². The quantitative estimate of drug-likeness (QED) is 0.637. The summed E-state index contributed by atoms with van der Waals surface area (Å²) < 4.78 is 18.2. The highest BCUT2D eigenvalue weighted by molar-refractivity contribution is 6.32. The molecule has 0 aliphatic rings. The molecule has 2 aromatic carbocycles. The Kier molecular flexibility index (Phi) is 5.70. The molecule has 0 aromatic heterocycles. The Hall–Kier alpha value is -2.67. The zero-order valence-corrected chi connectivity index (χ0v) is 13.4. The fourth-order valence-electron chi connectivity index (χ4n) is 1.88. The molecule has 126 valence electrons. The molecular formula is C16H14ClFN2O4. The molecule has 1 N–H and O–H groups in total. The highest BCUT2D eigenvalue weighted by Crippen LogP contribution is 2.29. The van der Waals surface area contributed by atoms with E-state index >= 15 is 0 Å². The number of nitrogens with zero attached hydrogens (tertiary/aromatic N) is 1. The first-order chi connectivity index (χ1) is 11.4. The van der Waals surface area contributed by atoms with Crippen LogP contribution in [0.1, 0.15) is 12.5 Å². The van der Waals surface area contributed by atoms with Gasteiger partial charge in [-0.15, -0.1) is 0 Å². The van der Waals surface area contributed by atoms with Crippen molar-refractivity contribution in [2.45, 2.75) is 19.6 Å². The predicted octanol–water partition coefficient (Wildman–Crippen LogP) is 3.47. The summed E-state index contributed by atoms with van der Waals surface area (Å²) in [7, 11) is 0. The number of hydrogen-bond donors (Lipinski definition) is 1. The molecule has 24 heavy (non-hydrogen) atoms. The maximum Gasteiger partial charge on any atom is 0.271 e. The van der Waals surface area contributed by atoms with Crippen LogP contribution in [-0.2, 0) is 11.3 Å². The molecule has 1 atom stereocenters. The predicted molar refractivity (Wildman–Crippen MR) is 86.4 cm³/mol. The first-order valence-electron chi connectivity index (χ1n) is 6.99. The molecule has 0 fully saturated rings. The molecular weight excluding hydrogens is 339 g/mol. The van der Waals surface area contributed by atoms with E-state index in [9.17, 15) is 19.3 Å². The second-order valence-corrected chi connectivity index (χ2v) is 5.38. The van der Waals surface area contributed by atoms with Crippen LogP contribution < -0.4 is 10.1 Å². The number of nitro benzene ring substituents is 1. The number of amides is 1. The molecule has 2 aromatic rings. The normalized spacial score (nSPS) is 11.6. The summed E-state index contributed by atoms with van der Waals surface area (Å²) in [5.41, 5.74) is 0.575. The number of nitrogens with one attached hydrogen (secondary N) is 1. The number of nitro groups is 1. The van der Waals surface area contributed by atoms with E-state index in [0.29, 0.717) is 0 Å². The number of halogens is 2. The van der Waals surface area contributed by atoms with Gasteiger partial charge in [-0.3, -0.25) is 14.9 Å². The van der Waals surface area contributed by atoms with Crippen LogP contribution in [0.4, 0.5) is 10.1 Å². The monoisotopic (exact) mass is 352 g/mol. The van der Waals surface area contributed by atoms with Crippen LogP contribution >= 0.6 is 11.6 Å². The largest absolute Gasteiger partial charge is 0.479 e. The van der Waals surface area contributed by atoms with Gasteiger partial charge in [0.25, 0.3) is 11.6 Å². The lowest BCUT2D eigenvalue weighted by Gasteiger charge is -2.15. The first-order valence-corrected chi connectivity index (χ1v) is 7.37. The van der Waals surface area contributed by atoms with Gasteiger partial charge in [-0.05, 0) is 30.7 Å². The number of non-ortho nitro benzene ring substituents is 1. The van der Waals surface area contributed by atoms with E-state index in [4.69, 9.17) is 16.3 Å². The van der Waals surface area contributed by atoms with Crippen LogP contribution in [0.5, 0.6) is 5.75 Å². The molecule has 0 saturated heterocycles. The Morgan fingerprint density at radius 3 is 2.58 bits per heavy atom. The average molecular weight is 353 g/mol. The number of rotatable bonds is 6. The van der Waals surface area contributed by atoms with Gasteiger partial charge in [0.15, 0.2) is 6.10 Å². The molecule has 0 heterocycles. The fourth-order valence-corrected chi connectivity index (χ4v) is 2.10. The molecule has 0 spiro atoms. The number of benzene rings is 2. The lowest BCUT2D eigenvalue weighted by molar-refractivity contribution is -0.384. The van der Waals surface area contributed by atoms with E-state index in [-0.39, 0.29) is 28.8 Å². The van der Waals surface area contributed by atoms with Gasteiger partial charge in [0.05, 0.1) is 9.95 Å². The molecule has 0 aliphatic carbocycles. The lowest BCUT2D eigenvalue weighted by atomic mass is 10.2. The van der Waals surface area contributed by atoms with Crippen molar-refractivity contribution in [2.75, 3.05) is 0 Å². The van der Waals surface area contributed by atoms with Gasteiger partial charge in [-0.25, -0.2) is 4.39 Å². The summed E-state index contributed by atoms with van der Waals surface area (Å²) in [6.07, 6.45) is -0.857. The third kappa shape index (κ3) is 4.66. The van der Waals surface area contributed by atoms with Crippen LogP contribution in [0.25, 0.3) is 0 Å². The third-order valence-corrected chi connectivity index (χ3v) is 3.47. The summed E-state index contributed by atoms with van der Waals surface area (Å²) in [4.78, 5) is 22.1. The van der Waals surface area contributed by atoms with Gasteiger partial charge in [0.2, 0.25) is 0 Å². The van der Waals surface area contributed by atoms with Crippen LogP contribution in [-0.4, -0.2) is 16.9 Å². The molecule has 0 aliphatic heterocycles. The molecule has 6 nitrogen and oxygen atoms in total. The minimum atomic E-state index is -0.857. The van der Waals surface area contributed by atoms with Gasteiger partial charge in [-0.1, -0.05) is 23.7 Å². The summed E-state index contributed by atoms with van der Waals surface area (Å²) in [6, 6.07) is 9.47. The van der Waals surface area contributed by atoms with Gasteiger partial charge in [0.1, 0.15) is 11.6 Å². The van der Waals surface area contributed by atoms with Crippen molar-refractivity contribution in [1.29, 1.82) is 0 Å². The summed E-state index contributed by atoms with van der Waals surface area (Å²) in [5.74, 6) is -0.574. The summed E-state index contributed by atoms with van der Waals surface area (Å²) in [6.45, 7) is 1.75. The second-order valence-electron chi connectivity index (χ2n) is 4.98. The van der Waals surface area contributed by atoms with Crippen LogP contribution in [0.3, 0.4) is 0 Å². The first kappa shape index (κ1) is 17.7. The highest BCUT2D eigenvalue weighted by Gasteiger charge is 2.17. The molecule has 0 bridgehead atoms. The molecule has 0 saturated carbocycles. The summed E-state index contributed by atoms with van der Waals surface area (Å²) in [5, 5.41) is 13.3. The maximum absolute atomic E-state index is 12.8. The minimum absolute atomic E-state index is 0.0439. The van der Waals surface area contributed by atoms with Gasteiger partial charge in [0, 0.05) is 18.7 Å². The molecule has 2 rings (SSSR count). The topological polar surface area (TPSA) is 81.5 Å². The van der Waals surface area contributed by atoms with Crippen LogP contribution in [0.15, 0.2) is 42.5 Å². The van der Waals surface area contributed by atoms with Gasteiger partial charge in [-0.2, -0.15) is 0 Å². The zero-order chi connectivity index (χ0) is 17.7. The number of ether oxygens (including phenoxy) is 1. The van der Waals surface area contributed by atoms with E-state index in [1.54, 1.807) is 12.1 Å². The summed E-state index contributed by atoms with van der Waals surface area (Å²) >= 11 is 5.91. The Balaban J connectivity index is 1.93. The van der Waals surface area contributed by atoms with E-state index in [0.717, 1.165) is 11.6 Å². The van der Waals surface area contributed by atoms with Crippen molar-refractivity contribution in [3.63, 3.8) is 0 Å². The smallest absolute Gasteiger partial charge is 0.271 e. The molecule has 0 radical (unpaired) electrons. The van der Waals surface area contributed by atoms with Crippen molar-refractivity contribution in [2.24, 2.45) is 0 Å². The Bertz CT molecular complexity index is 752. The Morgan fingerprint density at radius 2 is 2.00 bits per heavy atom. The molecule has 1 amide bonds. The fraction of sp³-hybridized carbons (Fsp3) is 0.188. The van der Waals surface area contributed by atoms with E-state index in [1.807, 2.05) is 0 Å². The van der Waals surface area contributed by atoms with Crippen molar-refractivity contribution in [1.82, 2.24) is 5.32 Å². The Morgan fingerprint density at radius 1 is 1.33 bits per heavy atom. The van der Waals surface area contributed by atoms with Gasteiger partial charge < -0.3 is 10.1 Å². The van der Waals surface area contributed by atoms with Crippen LogP contribution in [0.2, 0.25) is 5.02 Å². The van der Waals surface area contributed by atoms with E-state index in [2.05, 4.69) is 5.32 Å². The van der Waals surface area contributed by atoms with Crippen molar-refractivity contribution in [3.05, 3.63) is 69.0 Å². The van der Waals surface area contributed by atoms with Crippen molar-refractivity contribution >= 4 is 23.2 Å². The molecule has 8 heteroatoms. The van der Waals surface area contributed by atoms with E-state index in [1.165, 1.54) is 31.2 Å². The standard InChI is InChI=1S/C16H14ClFN2O4/c1-10(16(21)19-9-11-2-4-12(18)5-3-11)24-15-7-6-13(20(22)23)8-14(15)17/h2-8,10H,9H2,1H3,(H,19,21). The minimum Gasteiger partial charge on any atom is -0.479 e. The molecule has 1 unspecified atom stereocenters. The number of hydrogen-bond acceptors (Lipinski definition) is 4. The van der Waals surface area contributed by atoms with Crippen molar-refractivity contribution < 1.29 is 18.8 Å². The number of carbonyl (C=O) groups is 1. The lowest BCUT2D eigenvalue weighted by Crippen LogP contribution is -2.35. The number of carbonyl (C=O) groups excluding carboxylic acids is 1. The Labute approximate surface area is 142 Å². The van der Waals surface area contributed by atoms with E-state index < -0.39 is 16.9 Å². The second kappa shape index (κ2) is 7.74. The third-order valence-electron chi connectivity index (χ3n) is 3.18. The average Bonchev–Trinajstić information content (AvgIpc) is 2.55. The zero-order valence-electron chi connectivity index (χ0n) is 12.7. The SMILES string of the molecule is CC(Oc1ccc([N+](=O)[O-])cc1Cl)C(=O)NCc1ccc(F)cc1. The highest BCUT2D eigenvalue weighted by atomic mass is 35.5. The maximum atomic E-state index is 12.8. The van der Waals surface area contributed by atoms with Gasteiger partial charge >= 0.3 is 0 Å².